The van der Waals surface area contributed by atoms with E-state index in [1.807, 2.05) is 73.1 Å². The predicted octanol–water partition coefficient (Wildman–Crippen LogP) is 3.87. The van der Waals surface area contributed by atoms with Crippen LogP contribution in [0, 0.1) is 13.8 Å². The first-order valence-corrected chi connectivity index (χ1v) is 11.1. The molecule has 0 atom stereocenters. The fraction of sp³-hybridized carbons (Fsp3) is 0.217. The highest BCUT2D eigenvalue weighted by Gasteiger charge is 2.14. The number of amides is 1. The zero-order valence-corrected chi connectivity index (χ0v) is 19.0. The molecule has 9 heteroatoms. The number of anilines is 1. The zero-order chi connectivity index (χ0) is 22.5. The summed E-state index contributed by atoms with van der Waals surface area (Å²) in [6.45, 7) is 4.60. The van der Waals surface area contributed by atoms with Crippen molar-refractivity contribution in [3.05, 3.63) is 78.1 Å². The molecule has 0 aliphatic rings. The van der Waals surface area contributed by atoms with Crippen molar-refractivity contribution in [2.75, 3.05) is 18.2 Å². The molecule has 32 heavy (non-hydrogen) atoms. The maximum Gasteiger partial charge on any atom is 0.234 e. The summed E-state index contributed by atoms with van der Waals surface area (Å²) in [5.41, 5.74) is 2.82. The second-order valence-corrected chi connectivity index (χ2v) is 8.14. The number of imidazole rings is 1. The highest BCUT2D eigenvalue weighted by molar-refractivity contribution is 7.99. The van der Waals surface area contributed by atoms with Crippen LogP contribution in [0.5, 0.6) is 5.75 Å². The fourth-order valence-electron chi connectivity index (χ4n) is 3.25. The van der Waals surface area contributed by atoms with Gasteiger partial charge in [-0.25, -0.2) is 4.98 Å². The summed E-state index contributed by atoms with van der Waals surface area (Å²) < 4.78 is 9.21. The summed E-state index contributed by atoms with van der Waals surface area (Å²) >= 11 is 1.34. The molecule has 0 aliphatic heterocycles. The Morgan fingerprint density at radius 2 is 1.78 bits per heavy atom. The number of thioether (sulfide) groups is 1. The van der Waals surface area contributed by atoms with Gasteiger partial charge in [-0.2, -0.15) is 0 Å². The van der Waals surface area contributed by atoms with Gasteiger partial charge in [-0.05, 0) is 55.8 Å². The van der Waals surface area contributed by atoms with Gasteiger partial charge in [0.25, 0.3) is 0 Å². The average Bonchev–Trinajstić information content (AvgIpc) is 3.38. The van der Waals surface area contributed by atoms with E-state index >= 15 is 0 Å². The minimum Gasteiger partial charge on any atom is -0.497 e. The van der Waals surface area contributed by atoms with E-state index in [-0.39, 0.29) is 11.7 Å². The molecule has 0 saturated heterocycles. The number of nitrogens with one attached hydrogen (secondary N) is 1. The maximum atomic E-state index is 12.5. The van der Waals surface area contributed by atoms with Crippen molar-refractivity contribution in [1.29, 1.82) is 0 Å². The number of carbonyl (C=O) groups excluding carboxylic acids is 1. The van der Waals surface area contributed by atoms with Gasteiger partial charge in [0.2, 0.25) is 5.91 Å². The largest absolute Gasteiger partial charge is 0.497 e. The first-order chi connectivity index (χ1) is 15.5. The Bertz CT molecular complexity index is 1200. The van der Waals surface area contributed by atoms with Crippen LogP contribution in [0.2, 0.25) is 0 Å². The molecule has 0 spiro atoms. The third-order valence-electron chi connectivity index (χ3n) is 4.97. The van der Waals surface area contributed by atoms with Gasteiger partial charge < -0.3 is 14.6 Å². The molecule has 2 aromatic carbocycles. The normalized spacial score (nSPS) is 10.8. The molecule has 0 saturated carbocycles. The lowest BCUT2D eigenvalue weighted by atomic mass is 10.2. The highest BCUT2D eigenvalue weighted by Crippen LogP contribution is 2.23. The number of nitrogens with zero attached hydrogens (tertiary/aromatic N) is 5. The Morgan fingerprint density at radius 3 is 2.44 bits per heavy atom. The first-order valence-electron chi connectivity index (χ1n) is 10.1. The van der Waals surface area contributed by atoms with Gasteiger partial charge in [-0.15, -0.1) is 10.2 Å². The number of benzene rings is 2. The number of aromatic nitrogens is 5. The van der Waals surface area contributed by atoms with Crippen molar-refractivity contribution in [2.24, 2.45) is 0 Å². The minimum atomic E-state index is -0.102. The van der Waals surface area contributed by atoms with E-state index in [0.29, 0.717) is 5.16 Å². The SMILES string of the molecule is COc1ccc(-n2c(C)nnc2SCC(=O)Nc2ccc(Cn3ccnc3C)cc2)cc1. The summed E-state index contributed by atoms with van der Waals surface area (Å²) in [4.78, 5) is 16.7. The van der Waals surface area contributed by atoms with Crippen LogP contribution < -0.4 is 10.1 Å². The third kappa shape index (κ3) is 5.00. The van der Waals surface area contributed by atoms with Gasteiger partial charge in [-0.3, -0.25) is 9.36 Å². The molecule has 0 unspecified atom stereocenters. The van der Waals surface area contributed by atoms with Crippen LogP contribution in [0.15, 0.2) is 66.1 Å². The lowest BCUT2D eigenvalue weighted by molar-refractivity contribution is -0.113. The van der Waals surface area contributed by atoms with Gasteiger partial charge in [0.15, 0.2) is 5.16 Å². The van der Waals surface area contributed by atoms with Crippen LogP contribution in [0.4, 0.5) is 5.69 Å². The van der Waals surface area contributed by atoms with E-state index in [0.717, 1.165) is 40.9 Å². The second kappa shape index (κ2) is 9.69. The molecule has 8 nitrogen and oxygen atoms in total. The monoisotopic (exact) mass is 448 g/mol. The molecule has 1 amide bonds. The number of methoxy groups -OCH3 is 1. The van der Waals surface area contributed by atoms with Crippen LogP contribution in [-0.4, -0.2) is 43.1 Å². The van der Waals surface area contributed by atoms with Crippen LogP contribution in [0.1, 0.15) is 17.2 Å². The molecule has 2 aromatic heterocycles. The summed E-state index contributed by atoms with van der Waals surface area (Å²) in [6.07, 6.45) is 3.74. The number of aryl methyl sites for hydroxylation is 2. The van der Waals surface area contributed by atoms with Gasteiger partial charge in [-0.1, -0.05) is 23.9 Å². The van der Waals surface area contributed by atoms with Crippen LogP contribution in [-0.2, 0) is 11.3 Å². The molecule has 0 aliphatic carbocycles. The number of hydrogen-bond acceptors (Lipinski definition) is 6. The molecule has 0 radical (unpaired) electrons. The lowest BCUT2D eigenvalue weighted by Gasteiger charge is -2.10. The van der Waals surface area contributed by atoms with E-state index < -0.39 is 0 Å². The van der Waals surface area contributed by atoms with Gasteiger partial charge in [0, 0.05) is 30.3 Å². The Morgan fingerprint density at radius 1 is 1.03 bits per heavy atom. The maximum absolute atomic E-state index is 12.5. The highest BCUT2D eigenvalue weighted by atomic mass is 32.2. The van der Waals surface area contributed by atoms with Crippen molar-refractivity contribution < 1.29 is 9.53 Å². The molecule has 0 bridgehead atoms. The topological polar surface area (TPSA) is 86.9 Å². The fourth-order valence-corrected chi connectivity index (χ4v) is 4.05. The number of carbonyl (C=O) groups is 1. The van der Waals surface area contributed by atoms with Crippen LogP contribution in [0.25, 0.3) is 5.69 Å². The first kappa shape index (κ1) is 21.6. The minimum absolute atomic E-state index is 0.102. The number of hydrogen-bond donors (Lipinski definition) is 1. The van der Waals surface area contributed by atoms with E-state index in [4.69, 9.17) is 4.74 Å². The van der Waals surface area contributed by atoms with E-state index in [1.165, 1.54) is 11.8 Å². The molecule has 4 rings (SSSR count). The van der Waals surface area contributed by atoms with Crippen molar-refractivity contribution >= 4 is 23.4 Å². The van der Waals surface area contributed by atoms with E-state index in [1.54, 1.807) is 13.3 Å². The van der Waals surface area contributed by atoms with E-state index in [9.17, 15) is 4.79 Å². The molecular weight excluding hydrogens is 424 g/mol. The summed E-state index contributed by atoms with van der Waals surface area (Å²) in [7, 11) is 1.63. The third-order valence-corrected chi connectivity index (χ3v) is 5.90. The molecule has 1 N–H and O–H groups in total. The number of ether oxygens (including phenoxy) is 1. The van der Waals surface area contributed by atoms with Gasteiger partial charge in [0.1, 0.15) is 17.4 Å². The van der Waals surface area contributed by atoms with Crippen LogP contribution in [0.3, 0.4) is 0 Å². The molecule has 164 valence electrons. The molecule has 4 aromatic rings. The summed E-state index contributed by atoms with van der Waals surface area (Å²) in [6, 6.07) is 15.5. The average molecular weight is 449 g/mol. The van der Waals surface area contributed by atoms with E-state index in [2.05, 4.69) is 25.1 Å². The van der Waals surface area contributed by atoms with Crippen molar-refractivity contribution in [3.63, 3.8) is 0 Å². The van der Waals surface area contributed by atoms with Gasteiger partial charge >= 0.3 is 0 Å². The van der Waals surface area contributed by atoms with Crippen LogP contribution >= 0.6 is 11.8 Å². The smallest absolute Gasteiger partial charge is 0.234 e. The van der Waals surface area contributed by atoms with Crippen molar-refractivity contribution in [3.8, 4) is 11.4 Å². The Labute approximate surface area is 190 Å². The molecule has 2 heterocycles. The standard InChI is InChI=1S/C23H24N6O2S/c1-16-24-12-13-28(16)14-18-4-6-19(7-5-18)25-22(30)15-32-23-27-26-17(2)29(23)20-8-10-21(31-3)11-9-20/h4-13H,14-15H2,1-3H3,(H,25,30). The lowest BCUT2D eigenvalue weighted by Crippen LogP contribution is -2.14. The summed E-state index contributed by atoms with van der Waals surface area (Å²) in [5.74, 6) is 2.62. The van der Waals surface area contributed by atoms with Gasteiger partial charge in [0.05, 0.1) is 12.9 Å². The quantitative estimate of drug-likeness (QED) is 0.412. The Balaban J connectivity index is 1.36. The predicted molar refractivity (Wildman–Crippen MR) is 125 cm³/mol. The van der Waals surface area contributed by atoms with Crippen molar-refractivity contribution in [2.45, 2.75) is 25.5 Å². The Hall–Kier alpha value is -3.59. The molecule has 0 fully saturated rings. The summed E-state index contributed by atoms with van der Waals surface area (Å²) in [5, 5.41) is 12.0. The second-order valence-electron chi connectivity index (χ2n) is 7.20. The molecular formula is C23H24N6O2S. The Kier molecular flexibility index (Phi) is 6.55. The number of rotatable bonds is 8. The van der Waals surface area contributed by atoms with Crippen molar-refractivity contribution in [1.82, 2.24) is 24.3 Å². The zero-order valence-electron chi connectivity index (χ0n) is 18.1.